The number of aliphatic hydroxyl groups is 1. The van der Waals surface area contributed by atoms with Gasteiger partial charge in [-0.1, -0.05) is 6.07 Å². The van der Waals surface area contributed by atoms with Gasteiger partial charge in [0.05, 0.1) is 4.88 Å². The van der Waals surface area contributed by atoms with Crippen LogP contribution in [0.5, 0.6) is 5.88 Å². The average Bonchev–Trinajstić information content (AvgIpc) is 3.17. The first-order valence-corrected chi connectivity index (χ1v) is 10.6. The number of ether oxygens (including phenoxy) is 1. The van der Waals surface area contributed by atoms with Crippen LogP contribution in [0.25, 0.3) is 10.4 Å². The first-order valence-electron chi connectivity index (χ1n) is 9.74. The molecule has 0 unspecified atom stereocenters. The summed E-state index contributed by atoms with van der Waals surface area (Å²) in [4.78, 5) is 14.2. The van der Waals surface area contributed by atoms with E-state index in [1.807, 2.05) is 32.3 Å². The van der Waals surface area contributed by atoms with Crippen LogP contribution in [-0.2, 0) is 5.60 Å². The predicted octanol–water partition coefficient (Wildman–Crippen LogP) is 3.62. The molecule has 8 heteroatoms. The van der Waals surface area contributed by atoms with Gasteiger partial charge in [0.2, 0.25) is 11.8 Å². The van der Waals surface area contributed by atoms with Gasteiger partial charge in [0, 0.05) is 30.7 Å². The highest BCUT2D eigenvalue weighted by Crippen LogP contribution is 2.44. The van der Waals surface area contributed by atoms with E-state index < -0.39 is 5.60 Å². The molecule has 1 fully saturated rings. The molecule has 4 rings (SSSR count). The number of thiazole rings is 1. The van der Waals surface area contributed by atoms with Crippen molar-refractivity contribution < 1.29 is 9.84 Å². The molecule has 0 saturated heterocycles. The second kappa shape index (κ2) is 8.44. The zero-order valence-corrected chi connectivity index (χ0v) is 17.4. The maximum Gasteiger partial charge on any atom is 0.230 e. The molecular weight excluding hydrogens is 386 g/mol. The van der Waals surface area contributed by atoms with Gasteiger partial charge in [-0.25, -0.2) is 9.97 Å². The number of aryl methyl sites for hydroxylation is 1. The number of hydrogen-bond acceptors (Lipinski definition) is 8. The lowest BCUT2D eigenvalue weighted by Gasteiger charge is -2.34. The number of benzene rings is 1. The van der Waals surface area contributed by atoms with Gasteiger partial charge in [0.15, 0.2) is 0 Å². The first-order chi connectivity index (χ1) is 14.1. The van der Waals surface area contributed by atoms with E-state index in [2.05, 4.69) is 31.7 Å². The molecule has 0 amide bonds. The van der Waals surface area contributed by atoms with E-state index in [1.54, 1.807) is 23.6 Å². The minimum Gasteiger partial charge on any atom is -0.476 e. The summed E-state index contributed by atoms with van der Waals surface area (Å²) in [6.45, 7) is 3.34. The van der Waals surface area contributed by atoms with Gasteiger partial charge in [-0.05, 0) is 56.5 Å². The molecule has 1 aliphatic rings. The molecule has 0 aliphatic heterocycles. The summed E-state index contributed by atoms with van der Waals surface area (Å²) in [5, 5.41) is 17.7. The molecule has 1 saturated carbocycles. The van der Waals surface area contributed by atoms with Crippen molar-refractivity contribution in [3.63, 3.8) is 0 Å². The van der Waals surface area contributed by atoms with Gasteiger partial charge in [-0.2, -0.15) is 4.98 Å². The predicted molar refractivity (Wildman–Crippen MR) is 115 cm³/mol. The Bertz CT molecular complexity index is 987. The Morgan fingerprint density at radius 1 is 1.24 bits per heavy atom. The molecule has 3 N–H and O–H groups in total. The molecule has 1 aromatic carbocycles. The van der Waals surface area contributed by atoms with E-state index >= 15 is 0 Å². The number of hydrogen-bond donors (Lipinski definition) is 3. The van der Waals surface area contributed by atoms with Gasteiger partial charge < -0.3 is 20.5 Å². The quantitative estimate of drug-likeness (QED) is 0.488. The Kier molecular flexibility index (Phi) is 5.75. The van der Waals surface area contributed by atoms with Crippen molar-refractivity contribution >= 4 is 23.0 Å². The van der Waals surface area contributed by atoms with Crippen molar-refractivity contribution in [3.8, 4) is 16.3 Å². The molecule has 29 heavy (non-hydrogen) atoms. The zero-order valence-electron chi connectivity index (χ0n) is 16.6. The third-order valence-electron chi connectivity index (χ3n) is 4.93. The summed E-state index contributed by atoms with van der Waals surface area (Å²) in [6.07, 6.45) is 6.17. The zero-order chi connectivity index (χ0) is 20.3. The third kappa shape index (κ3) is 4.55. The molecule has 152 valence electrons. The summed E-state index contributed by atoms with van der Waals surface area (Å²) in [5.41, 5.74) is 2.34. The van der Waals surface area contributed by atoms with E-state index in [0.29, 0.717) is 18.4 Å². The summed E-state index contributed by atoms with van der Waals surface area (Å²) in [7, 11) is 1.88. The Balaban J connectivity index is 1.52. The third-order valence-corrected chi connectivity index (χ3v) is 6.17. The van der Waals surface area contributed by atoms with Crippen LogP contribution >= 0.6 is 11.3 Å². The van der Waals surface area contributed by atoms with Crippen molar-refractivity contribution in [3.05, 3.63) is 47.2 Å². The minimum absolute atomic E-state index is 0.484. The van der Waals surface area contributed by atoms with Gasteiger partial charge in [0.25, 0.3) is 0 Å². The van der Waals surface area contributed by atoms with Crippen LogP contribution in [0.1, 0.15) is 29.8 Å². The highest BCUT2D eigenvalue weighted by atomic mass is 32.1. The van der Waals surface area contributed by atoms with Gasteiger partial charge in [-0.15, -0.1) is 11.3 Å². The van der Waals surface area contributed by atoms with Crippen LogP contribution in [0.2, 0.25) is 0 Å². The minimum atomic E-state index is -0.727. The van der Waals surface area contributed by atoms with Gasteiger partial charge >= 0.3 is 0 Å². The number of nitrogens with zero attached hydrogens (tertiary/aromatic N) is 3. The monoisotopic (exact) mass is 411 g/mol. The molecule has 0 radical (unpaired) electrons. The fourth-order valence-corrected chi connectivity index (χ4v) is 4.26. The molecular formula is C21H25N5O2S. The Morgan fingerprint density at radius 3 is 2.86 bits per heavy atom. The van der Waals surface area contributed by atoms with Crippen LogP contribution in [-0.4, -0.2) is 40.3 Å². The summed E-state index contributed by atoms with van der Waals surface area (Å²) >= 11 is 1.56. The first kappa shape index (κ1) is 19.8. The molecule has 1 aliphatic carbocycles. The summed E-state index contributed by atoms with van der Waals surface area (Å²) in [6, 6.07) is 7.95. The SMILES string of the molecule is CNCCOc1ccnc(Nc2cc(C)cc(-c3cnc(C4(O)CCC4)s3)c2)n1. The molecule has 0 bridgehead atoms. The molecule has 2 aromatic heterocycles. The maximum atomic E-state index is 10.6. The number of rotatable bonds is 8. The number of aromatic nitrogens is 3. The lowest BCUT2D eigenvalue weighted by atomic mass is 9.81. The number of likely N-dealkylation sites (N-methyl/N-ethyl adjacent to an activating group) is 1. The number of nitrogens with one attached hydrogen (secondary N) is 2. The summed E-state index contributed by atoms with van der Waals surface area (Å²) < 4.78 is 5.61. The van der Waals surface area contributed by atoms with Crippen molar-refractivity contribution in [1.29, 1.82) is 0 Å². The Hall–Kier alpha value is -2.55. The number of anilines is 2. The van der Waals surface area contributed by atoms with Gasteiger partial charge in [-0.3, -0.25) is 0 Å². The van der Waals surface area contributed by atoms with Crippen LogP contribution in [0.3, 0.4) is 0 Å². The molecule has 0 spiro atoms. The van der Waals surface area contributed by atoms with E-state index in [0.717, 1.165) is 52.5 Å². The highest BCUT2D eigenvalue weighted by molar-refractivity contribution is 7.15. The van der Waals surface area contributed by atoms with Gasteiger partial charge in [0.1, 0.15) is 17.2 Å². The molecule has 7 nitrogen and oxygen atoms in total. The Labute approximate surface area is 174 Å². The lowest BCUT2D eigenvalue weighted by molar-refractivity contribution is -0.0389. The van der Waals surface area contributed by atoms with E-state index in [1.165, 1.54) is 0 Å². The molecule has 3 aromatic rings. The van der Waals surface area contributed by atoms with Crippen molar-refractivity contribution in [2.75, 3.05) is 25.5 Å². The normalized spacial score (nSPS) is 15.0. The van der Waals surface area contributed by atoms with Crippen molar-refractivity contribution in [1.82, 2.24) is 20.3 Å². The smallest absolute Gasteiger partial charge is 0.230 e. The molecule has 0 atom stereocenters. The van der Waals surface area contributed by atoms with Crippen LogP contribution < -0.4 is 15.4 Å². The fraction of sp³-hybridized carbons (Fsp3) is 0.381. The second-order valence-corrected chi connectivity index (χ2v) is 8.33. The van der Waals surface area contributed by atoms with E-state index in [-0.39, 0.29) is 0 Å². The molecule has 2 heterocycles. The van der Waals surface area contributed by atoms with Crippen LogP contribution in [0.15, 0.2) is 36.7 Å². The second-order valence-electron chi connectivity index (χ2n) is 7.30. The van der Waals surface area contributed by atoms with Crippen molar-refractivity contribution in [2.24, 2.45) is 0 Å². The van der Waals surface area contributed by atoms with Crippen LogP contribution in [0, 0.1) is 6.92 Å². The van der Waals surface area contributed by atoms with Crippen molar-refractivity contribution in [2.45, 2.75) is 31.8 Å². The standard InChI is InChI=1S/C21H25N5O2S/c1-14-10-15(17-13-24-19(29-17)21(27)5-3-6-21)12-16(11-14)25-20-23-7-4-18(26-20)28-9-8-22-2/h4,7,10-13,22,27H,3,5-6,8-9H2,1-2H3,(H,23,25,26). The highest BCUT2D eigenvalue weighted by Gasteiger charge is 2.39. The van der Waals surface area contributed by atoms with Crippen LogP contribution in [0.4, 0.5) is 11.6 Å². The average molecular weight is 412 g/mol. The summed E-state index contributed by atoms with van der Waals surface area (Å²) in [5.74, 6) is 1.02. The fourth-order valence-electron chi connectivity index (χ4n) is 3.22. The lowest BCUT2D eigenvalue weighted by Crippen LogP contribution is -2.33. The van der Waals surface area contributed by atoms with E-state index in [4.69, 9.17) is 4.74 Å². The van der Waals surface area contributed by atoms with E-state index in [9.17, 15) is 5.11 Å². The largest absolute Gasteiger partial charge is 0.476 e. The maximum absolute atomic E-state index is 10.6. The topological polar surface area (TPSA) is 92.2 Å². The Morgan fingerprint density at radius 2 is 2.10 bits per heavy atom.